The number of rotatable bonds is 9. The molecule has 2 N–H and O–H groups in total. The number of halogens is 1. The number of nitrogens with zero attached hydrogens (tertiary/aromatic N) is 3. The van der Waals surface area contributed by atoms with Crippen LogP contribution in [-0.2, 0) is 11.3 Å². The maximum absolute atomic E-state index is 13.9. The fourth-order valence-corrected chi connectivity index (χ4v) is 3.56. The lowest BCUT2D eigenvalue weighted by Gasteiger charge is -2.14. The molecule has 0 spiro atoms. The fourth-order valence-electron chi connectivity index (χ4n) is 2.81. The highest BCUT2D eigenvalue weighted by molar-refractivity contribution is 7.99. The molecule has 1 unspecified atom stereocenters. The van der Waals surface area contributed by atoms with Crippen LogP contribution < -0.4 is 10.6 Å². The van der Waals surface area contributed by atoms with Crippen molar-refractivity contribution in [2.75, 3.05) is 11.1 Å². The number of amides is 2. The van der Waals surface area contributed by atoms with Gasteiger partial charge in [-0.1, -0.05) is 23.9 Å². The van der Waals surface area contributed by atoms with E-state index in [4.69, 9.17) is 4.42 Å². The van der Waals surface area contributed by atoms with Crippen LogP contribution in [0.1, 0.15) is 34.9 Å². The number of anilines is 1. The molecule has 0 saturated heterocycles. The number of hydrogen-bond acceptors (Lipinski definition) is 6. The van der Waals surface area contributed by atoms with Crippen LogP contribution in [0.4, 0.5) is 10.1 Å². The van der Waals surface area contributed by atoms with Gasteiger partial charge in [-0.3, -0.25) is 9.59 Å². The van der Waals surface area contributed by atoms with Crippen molar-refractivity contribution in [1.29, 1.82) is 0 Å². The van der Waals surface area contributed by atoms with E-state index >= 15 is 0 Å². The molecule has 1 aromatic carbocycles. The molecule has 162 valence electrons. The predicted octanol–water partition coefficient (Wildman–Crippen LogP) is 3.73. The quantitative estimate of drug-likeness (QED) is 0.386. The molecular formula is C21H22FN5O3S. The van der Waals surface area contributed by atoms with Crippen molar-refractivity contribution in [1.82, 2.24) is 20.1 Å². The van der Waals surface area contributed by atoms with Gasteiger partial charge in [0.05, 0.1) is 23.7 Å². The highest BCUT2D eigenvalue weighted by Gasteiger charge is 2.21. The van der Waals surface area contributed by atoms with Gasteiger partial charge in [0.15, 0.2) is 16.7 Å². The Morgan fingerprint density at radius 1 is 1.35 bits per heavy atom. The molecule has 0 fully saturated rings. The smallest absolute Gasteiger partial charge is 0.287 e. The van der Waals surface area contributed by atoms with E-state index in [0.29, 0.717) is 17.5 Å². The third kappa shape index (κ3) is 5.60. The van der Waals surface area contributed by atoms with Gasteiger partial charge >= 0.3 is 0 Å². The molecule has 2 aromatic heterocycles. The van der Waals surface area contributed by atoms with Crippen LogP contribution in [0.25, 0.3) is 0 Å². The summed E-state index contributed by atoms with van der Waals surface area (Å²) in [4.78, 5) is 24.5. The standard InChI is InChI=1S/C21H22FN5O3S/c1-4-9-27-19(14(3)23-20(29)17-6-5-10-30-17)25-26-21(27)31-12-18(28)24-16-8-7-13(2)11-15(16)22/h4-8,10-11,14H,1,9,12H2,2-3H3,(H,23,29)(H,24,28). The van der Waals surface area contributed by atoms with Gasteiger partial charge in [0.1, 0.15) is 5.82 Å². The maximum atomic E-state index is 13.9. The molecule has 31 heavy (non-hydrogen) atoms. The molecule has 1 atom stereocenters. The molecule has 2 heterocycles. The molecule has 3 rings (SSSR count). The van der Waals surface area contributed by atoms with Crippen molar-refractivity contribution >= 4 is 29.3 Å². The Labute approximate surface area is 182 Å². The minimum Gasteiger partial charge on any atom is -0.459 e. The molecule has 0 aliphatic carbocycles. The summed E-state index contributed by atoms with van der Waals surface area (Å²) in [5.74, 6) is -0.531. The molecule has 0 aliphatic heterocycles. The Hall–Kier alpha value is -3.40. The van der Waals surface area contributed by atoms with Gasteiger partial charge in [-0.2, -0.15) is 0 Å². The van der Waals surface area contributed by atoms with Crippen LogP contribution in [0.2, 0.25) is 0 Å². The molecular weight excluding hydrogens is 421 g/mol. The van der Waals surface area contributed by atoms with E-state index in [0.717, 1.165) is 17.3 Å². The van der Waals surface area contributed by atoms with Crippen LogP contribution in [0, 0.1) is 12.7 Å². The second kappa shape index (κ2) is 10.1. The normalized spacial score (nSPS) is 11.7. The zero-order valence-electron chi connectivity index (χ0n) is 17.1. The second-order valence-electron chi connectivity index (χ2n) is 6.73. The highest BCUT2D eigenvalue weighted by Crippen LogP contribution is 2.22. The third-order valence-corrected chi connectivity index (χ3v) is 5.23. The maximum Gasteiger partial charge on any atom is 0.287 e. The van der Waals surface area contributed by atoms with Gasteiger partial charge in [-0.05, 0) is 43.7 Å². The van der Waals surface area contributed by atoms with E-state index in [2.05, 4.69) is 27.4 Å². The lowest BCUT2D eigenvalue weighted by Crippen LogP contribution is -2.28. The van der Waals surface area contributed by atoms with Crippen molar-refractivity contribution < 1.29 is 18.4 Å². The molecule has 0 aliphatic rings. The number of thioether (sulfide) groups is 1. The van der Waals surface area contributed by atoms with Crippen LogP contribution in [-0.4, -0.2) is 32.3 Å². The number of nitrogens with one attached hydrogen (secondary N) is 2. The SMILES string of the molecule is C=CCn1c(SCC(=O)Nc2ccc(C)cc2F)nnc1C(C)NC(=O)c1ccco1. The Bertz CT molecular complexity index is 1080. The zero-order chi connectivity index (χ0) is 22.4. The summed E-state index contributed by atoms with van der Waals surface area (Å²) < 4.78 is 20.8. The third-order valence-electron chi connectivity index (χ3n) is 4.27. The highest BCUT2D eigenvalue weighted by atomic mass is 32.2. The summed E-state index contributed by atoms with van der Waals surface area (Å²) in [6.45, 7) is 7.67. The minimum absolute atomic E-state index is 0.00965. The minimum atomic E-state index is -0.489. The number of allylic oxidation sites excluding steroid dienone is 1. The first-order chi connectivity index (χ1) is 14.9. The van der Waals surface area contributed by atoms with E-state index in [1.165, 1.54) is 18.4 Å². The lowest BCUT2D eigenvalue weighted by molar-refractivity contribution is -0.113. The molecule has 0 saturated carbocycles. The first kappa shape index (κ1) is 22.3. The topological polar surface area (TPSA) is 102 Å². The number of hydrogen-bond donors (Lipinski definition) is 2. The summed E-state index contributed by atoms with van der Waals surface area (Å²) >= 11 is 1.15. The number of benzene rings is 1. The van der Waals surface area contributed by atoms with Crippen molar-refractivity contribution in [3.05, 3.63) is 72.2 Å². The van der Waals surface area contributed by atoms with Gasteiger partial charge in [-0.15, -0.1) is 16.8 Å². The molecule has 0 radical (unpaired) electrons. The average molecular weight is 444 g/mol. The van der Waals surface area contributed by atoms with E-state index in [1.54, 1.807) is 42.7 Å². The second-order valence-corrected chi connectivity index (χ2v) is 7.68. The largest absolute Gasteiger partial charge is 0.459 e. The van der Waals surface area contributed by atoms with E-state index in [1.807, 2.05) is 0 Å². The monoisotopic (exact) mass is 443 g/mol. The number of furan rings is 1. The Balaban J connectivity index is 1.66. The van der Waals surface area contributed by atoms with Gasteiger partial charge in [0.25, 0.3) is 5.91 Å². The predicted molar refractivity (Wildman–Crippen MR) is 115 cm³/mol. The number of carbonyl (C=O) groups is 2. The summed E-state index contributed by atoms with van der Waals surface area (Å²) in [7, 11) is 0. The van der Waals surface area contributed by atoms with Gasteiger partial charge in [0, 0.05) is 6.54 Å². The fraction of sp³-hybridized carbons (Fsp3) is 0.238. The van der Waals surface area contributed by atoms with Crippen LogP contribution >= 0.6 is 11.8 Å². The summed E-state index contributed by atoms with van der Waals surface area (Å²) in [6, 6.07) is 7.32. The molecule has 2 amide bonds. The number of aromatic nitrogens is 3. The Kier molecular flexibility index (Phi) is 7.24. The van der Waals surface area contributed by atoms with Crippen molar-refractivity contribution in [3.8, 4) is 0 Å². The van der Waals surface area contributed by atoms with Gasteiger partial charge in [0.2, 0.25) is 5.91 Å². The number of aryl methyl sites for hydroxylation is 1. The first-order valence-corrected chi connectivity index (χ1v) is 10.4. The molecule has 10 heteroatoms. The van der Waals surface area contributed by atoms with Gasteiger partial charge < -0.3 is 19.6 Å². The van der Waals surface area contributed by atoms with Crippen molar-refractivity contribution in [3.63, 3.8) is 0 Å². The van der Waals surface area contributed by atoms with Gasteiger partial charge in [-0.25, -0.2) is 4.39 Å². The molecule has 3 aromatic rings. The summed E-state index contributed by atoms with van der Waals surface area (Å²) in [6.07, 6.45) is 3.09. The number of carbonyl (C=O) groups excluding carboxylic acids is 2. The molecule has 8 nitrogen and oxygen atoms in total. The first-order valence-electron chi connectivity index (χ1n) is 9.46. The van der Waals surface area contributed by atoms with Crippen molar-refractivity contribution in [2.45, 2.75) is 31.6 Å². The van der Waals surface area contributed by atoms with Crippen LogP contribution in [0.3, 0.4) is 0 Å². The van der Waals surface area contributed by atoms with E-state index < -0.39 is 11.9 Å². The lowest BCUT2D eigenvalue weighted by atomic mass is 10.2. The Morgan fingerprint density at radius 2 is 2.16 bits per heavy atom. The van der Waals surface area contributed by atoms with Crippen molar-refractivity contribution in [2.24, 2.45) is 0 Å². The summed E-state index contributed by atoms with van der Waals surface area (Å²) in [5, 5.41) is 14.1. The summed E-state index contributed by atoms with van der Waals surface area (Å²) in [5.41, 5.74) is 0.891. The Morgan fingerprint density at radius 3 is 2.84 bits per heavy atom. The van der Waals surface area contributed by atoms with E-state index in [-0.39, 0.29) is 29.0 Å². The van der Waals surface area contributed by atoms with Crippen LogP contribution in [0.15, 0.2) is 58.8 Å². The zero-order valence-corrected chi connectivity index (χ0v) is 17.9. The average Bonchev–Trinajstić information content (AvgIpc) is 3.39. The van der Waals surface area contributed by atoms with Crippen LogP contribution in [0.5, 0.6) is 0 Å². The van der Waals surface area contributed by atoms with E-state index in [9.17, 15) is 14.0 Å². The molecule has 0 bridgehead atoms.